The summed E-state index contributed by atoms with van der Waals surface area (Å²) in [5.41, 5.74) is 1.13. The molecule has 1 unspecified atom stereocenters. The van der Waals surface area contributed by atoms with E-state index in [1.165, 1.54) is 12.1 Å². The SMILES string of the molecule is O=C(CCNS(=O)(=O)c1ccc(Br)cc1)NCC(c1ccccc1)N1CCOCC1. The van der Waals surface area contributed by atoms with Crippen LogP contribution >= 0.6 is 15.9 Å². The van der Waals surface area contributed by atoms with Crippen LogP contribution in [-0.2, 0) is 19.6 Å². The summed E-state index contributed by atoms with van der Waals surface area (Å²) in [4.78, 5) is 14.8. The normalized spacial score (nSPS) is 16.2. The van der Waals surface area contributed by atoms with E-state index in [2.05, 4.69) is 43.0 Å². The number of hydrogen-bond acceptors (Lipinski definition) is 5. The van der Waals surface area contributed by atoms with Crippen LogP contribution in [0.5, 0.6) is 0 Å². The van der Waals surface area contributed by atoms with Gasteiger partial charge >= 0.3 is 0 Å². The monoisotopic (exact) mass is 495 g/mol. The Labute approximate surface area is 186 Å². The van der Waals surface area contributed by atoms with Gasteiger partial charge in [0.05, 0.1) is 24.2 Å². The van der Waals surface area contributed by atoms with Gasteiger partial charge in [-0.1, -0.05) is 46.3 Å². The van der Waals surface area contributed by atoms with Crippen molar-refractivity contribution in [2.45, 2.75) is 17.4 Å². The molecule has 162 valence electrons. The van der Waals surface area contributed by atoms with Crippen LogP contribution in [-0.4, -0.2) is 58.6 Å². The maximum Gasteiger partial charge on any atom is 0.240 e. The fourth-order valence-electron chi connectivity index (χ4n) is 3.32. The Morgan fingerprint density at radius 3 is 2.40 bits per heavy atom. The van der Waals surface area contributed by atoms with Crippen LogP contribution in [0.4, 0.5) is 0 Å². The zero-order valence-electron chi connectivity index (χ0n) is 16.6. The highest BCUT2D eigenvalue weighted by atomic mass is 79.9. The number of ether oxygens (including phenoxy) is 1. The third-order valence-electron chi connectivity index (χ3n) is 4.93. The van der Waals surface area contributed by atoms with Crippen LogP contribution in [0.2, 0.25) is 0 Å². The van der Waals surface area contributed by atoms with Crippen molar-refractivity contribution in [2.24, 2.45) is 0 Å². The van der Waals surface area contributed by atoms with Crippen LogP contribution in [0.25, 0.3) is 0 Å². The van der Waals surface area contributed by atoms with E-state index in [0.29, 0.717) is 19.8 Å². The van der Waals surface area contributed by atoms with E-state index >= 15 is 0 Å². The zero-order valence-corrected chi connectivity index (χ0v) is 19.0. The topological polar surface area (TPSA) is 87.7 Å². The van der Waals surface area contributed by atoms with Gasteiger partial charge < -0.3 is 10.1 Å². The summed E-state index contributed by atoms with van der Waals surface area (Å²) < 4.78 is 33.3. The maximum absolute atomic E-state index is 12.3. The summed E-state index contributed by atoms with van der Waals surface area (Å²) >= 11 is 3.28. The minimum atomic E-state index is -3.64. The molecule has 2 N–H and O–H groups in total. The van der Waals surface area contributed by atoms with Gasteiger partial charge in [-0.2, -0.15) is 0 Å². The van der Waals surface area contributed by atoms with Crippen molar-refractivity contribution in [3.05, 3.63) is 64.6 Å². The fraction of sp³-hybridized carbons (Fsp3) is 0.381. The van der Waals surface area contributed by atoms with Crippen LogP contribution in [0.15, 0.2) is 64.0 Å². The second-order valence-electron chi connectivity index (χ2n) is 6.98. The van der Waals surface area contributed by atoms with Crippen molar-refractivity contribution in [1.29, 1.82) is 0 Å². The van der Waals surface area contributed by atoms with Gasteiger partial charge in [0.25, 0.3) is 0 Å². The minimum Gasteiger partial charge on any atom is -0.379 e. The number of carbonyl (C=O) groups is 1. The van der Waals surface area contributed by atoms with E-state index in [1.54, 1.807) is 12.1 Å². The molecule has 0 saturated carbocycles. The lowest BCUT2D eigenvalue weighted by molar-refractivity contribution is -0.121. The first-order valence-corrected chi connectivity index (χ1v) is 12.1. The van der Waals surface area contributed by atoms with E-state index in [4.69, 9.17) is 4.74 Å². The van der Waals surface area contributed by atoms with Crippen LogP contribution in [0, 0.1) is 0 Å². The molecule has 0 aromatic heterocycles. The molecular weight excluding hydrogens is 470 g/mol. The molecule has 9 heteroatoms. The number of nitrogens with one attached hydrogen (secondary N) is 2. The van der Waals surface area contributed by atoms with E-state index in [-0.39, 0.29) is 29.8 Å². The fourth-order valence-corrected chi connectivity index (χ4v) is 4.61. The molecule has 0 spiro atoms. The van der Waals surface area contributed by atoms with E-state index < -0.39 is 10.0 Å². The Balaban J connectivity index is 1.51. The molecule has 3 rings (SSSR count). The Hall–Kier alpha value is -1.78. The van der Waals surface area contributed by atoms with Crippen molar-refractivity contribution in [3.63, 3.8) is 0 Å². The highest BCUT2D eigenvalue weighted by Crippen LogP contribution is 2.21. The lowest BCUT2D eigenvalue weighted by Gasteiger charge is -2.35. The third kappa shape index (κ3) is 6.61. The smallest absolute Gasteiger partial charge is 0.240 e. The Bertz CT molecular complexity index is 917. The van der Waals surface area contributed by atoms with Gasteiger partial charge in [-0.05, 0) is 29.8 Å². The summed E-state index contributed by atoms with van der Waals surface area (Å²) in [5, 5.41) is 2.95. The average Bonchev–Trinajstić information content (AvgIpc) is 2.75. The van der Waals surface area contributed by atoms with Crippen molar-refractivity contribution in [3.8, 4) is 0 Å². The summed E-state index contributed by atoms with van der Waals surface area (Å²) in [6.07, 6.45) is 0.0698. The number of rotatable bonds is 9. The van der Waals surface area contributed by atoms with Crippen LogP contribution < -0.4 is 10.0 Å². The molecule has 7 nitrogen and oxygen atoms in total. The predicted octanol–water partition coefficient (Wildman–Crippen LogP) is 2.31. The average molecular weight is 496 g/mol. The van der Waals surface area contributed by atoms with Crippen LogP contribution in [0.3, 0.4) is 0 Å². The highest BCUT2D eigenvalue weighted by Gasteiger charge is 2.23. The number of hydrogen-bond donors (Lipinski definition) is 2. The second kappa shape index (κ2) is 11.0. The molecule has 30 heavy (non-hydrogen) atoms. The minimum absolute atomic E-state index is 0.0395. The highest BCUT2D eigenvalue weighted by molar-refractivity contribution is 9.10. The summed E-state index contributed by atoms with van der Waals surface area (Å²) in [6.45, 7) is 3.47. The largest absolute Gasteiger partial charge is 0.379 e. The van der Waals surface area contributed by atoms with Gasteiger partial charge in [0.1, 0.15) is 0 Å². The number of carbonyl (C=O) groups excluding carboxylic acids is 1. The van der Waals surface area contributed by atoms with Gasteiger partial charge in [-0.3, -0.25) is 9.69 Å². The van der Waals surface area contributed by atoms with Gasteiger partial charge in [-0.15, -0.1) is 0 Å². The van der Waals surface area contributed by atoms with E-state index in [0.717, 1.165) is 23.1 Å². The van der Waals surface area contributed by atoms with Gasteiger partial charge in [-0.25, -0.2) is 13.1 Å². The number of benzene rings is 2. The van der Waals surface area contributed by atoms with Crippen molar-refractivity contribution >= 4 is 31.9 Å². The number of morpholine rings is 1. The number of halogens is 1. The van der Waals surface area contributed by atoms with Gasteiger partial charge in [0.15, 0.2) is 0 Å². The lowest BCUT2D eigenvalue weighted by Crippen LogP contribution is -2.44. The van der Waals surface area contributed by atoms with Gasteiger partial charge in [0.2, 0.25) is 15.9 Å². The first-order valence-electron chi connectivity index (χ1n) is 9.84. The number of nitrogens with zero attached hydrogens (tertiary/aromatic N) is 1. The third-order valence-corrected chi connectivity index (χ3v) is 6.94. The zero-order chi connectivity index (χ0) is 21.4. The molecule has 0 aliphatic carbocycles. The maximum atomic E-state index is 12.3. The summed E-state index contributed by atoms with van der Waals surface area (Å²) in [6, 6.07) is 16.5. The summed E-state index contributed by atoms with van der Waals surface area (Å²) in [7, 11) is -3.64. The molecule has 1 amide bonds. The molecule has 0 bridgehead atoms. The quantitative estimate of drug-likeness (QED) is 0.557. The molecule has 1 saturated heterocycles. The number of amides is 1. The molecule has 1 heterocycles. The van der Waals surface area contributed by atoms with E-state index in [9.17, 15) is 13.2 Å². The standard InChI is InChI=1S/C21H26BrN3O4S/c22-18-6-8-19(9-7-18)30(27,28)24-11-10-21(26)23-16-20(17-4-2-1-3-5-17)25-12-14-29-15-13-25/h1-9,20,24H,10-16H2,(H,23,26). The first-order chi connectivity index (χ1) is 14.5. The number of sulfonamides is 1. The van der Waals surface area contributed by atoms with Crippen LogP contribution in [0.1, 0.15) is 18.0 Å². The van der Waals surface area contributed by atoms with Crippen molar-refractivity contribution in [1.82, 2.24) is 14.9 Å². The molecular formula is C21H26BrN3O4S. The Kier molecular flexibility index (Phi) is 8.41. The predicted molar refractivity (Wildman–Crippen MR) is 119 cm³/mol. The molecule has 0 radical (unpaired) electrons. The first kappa shape index (κ1) is 22.9. The Morgan fingerprint density at radius 2 is 1.73 bits per heavy atom. The lowest BCUT2D eigenvalue weighted by atomic mass is 10.0. The van der Waals surface area contributed by atoms with Crippen molar-refractivity contribution < 1.29 is 17.9 Å². The van der Waals surface area contributed by atoms with Crippen molar-refractivity contribution in [2.75, 3.05) is 39.4 Å². The molecule has 1 aliphatic heterocycles. The molecule has 1 fully saturated rings. The molecule has 2 aromatic carbocycles. The molecule has 1 atom stereocenters. The molecule has 1 aliphatic rings. The molecule has 2 aromatic rings. The Morgan fingerprint density at radius 1 is 1.07 bits per heavy atom. The summed E-state index contributed by atoms with van der Waals surface area (Å²) in [5.74, 6) is -0.192. The van der Waals surface area contributed by atoms with Gasteiger partial charge in [0, 0.05) is 37.1 Å². The van der Waals surface area contributed by atoms with E-state index in [1.807, 2.05) is 18.2 Å². The second-order valence-corrected chi connectivity index (χ2v) is 9.66.